The lowest BCUT2D eigenvalue weighted by molar-refractivity contribution is -0.142. The molecule has 1 amide bonds. The van der Waals surface area contributed by atoms with Crippen molar-refractivity contribution in [1.82, 2.24) is 0 Å². The number of nitrogens with one attached hydrogen (secondary N) is 1. The molecule has 1 aromatic carbocycles. The SMILES string of the molecule is O=C(O)C[C@H](C(=O)Nc1ccc(Cl)c(Cl)c1)[C@@H]1CCCO1. The van der Waals surface area contributed by atoms with Crippen molar-refractivity contribution in [3.8, 4) is 0 Å². The number of ether oxygens (including phenoxy) is 1. The van der Waals surface area contributed by atoms with Gasteiger partial charge in [-0.1, -0.05) is 23.2 Å². The van der Waals surface area contributed by atoms with E-state index in [0.29, 0.717) is 28.8 Å². The minimum Gasteiger partial charge on any atom is -0.481 e. The van der Waals surface area contributed by atoms with Gasteiger partial charge in [-0.05, 0) is 31.0 Å². The minimum atomic E-state index is -1.03. The van der Waals surface area contributed by atoms with E-state index in [1.807, 2.05) is 0 Å². The van der Waals surface area contributed by atoms with Gasteiger partial charge in [-0.3, -0.25) is 9.59 Å². The summed E-state index contributed by atoms with van der Waals surface area (Å²) in [7, 11) is 0. The molecule has 0 aliphatic carbocycles. The Bertz CT molecular complexity index is 544. The smallest absolute Gasteiger partial charge is 0.304 e. The van der Waals surface area contributed by atoms with E-state index in [-0.39, 0.29) is 18.4 Å². The lowest BCUT2D eigenvalue weighted by atomic mass is 9.95. The van der Waals surface area contributed by atoms with E-state index < -0.39 is 11.9 Å². The second kappa shape index (κ2) is 7.11. The van der Waals surface area contributed by atoms with Gasteiger partial charge < -0.3 is 15.2 Å². The summed E-state index contributed by atoms with van der Waals surface area (Å²) in [6.45, 7) is 0.556. The molecule has 0 unspecified atom stereocenters. The number of carbonyl (C=O) groups excluding carboxylic acids is 1. The van der Waals surface area contributed by atoms with Crippen molar-refractivity contribution in [2.24, 2.45) is 5.92 Å². The zero-order valence-corrected chi connectivity index (χ0v) is 12.7. The highest BCUT2D eigenvalue weighted by atomic mass is 35.5. The number of rotatable bonds is 5. The highest BCUT2D eigenvalue weighted by Crippen LogP contribution is 2.27. The molecule has 7 heteroatoms. The van der Waals surface area contributed by atoms with Crippen LogP contribution in [0.3, 0.4) is 0 Å². The summed E-state index contributed by atoms with van der Waals surface area (Å²) < 4.78 is 5.45. The maximum atomic E-state index is 12.3. The Morgan fingerprint density at radius 3 is 2.71 bits per heavy atom. The number of anilines is 1. The third-order valence-corrected chi connectivity index (χ3v) is 4.07. The van der Waals surface area contributed by atoms with E-state index in [1.165, 1.54) is 6.07 Å². The fraction of sp³-hybridized carbons (Fsp3) is 0.429. The van der Waals surface area contributed by atoms with Gasteiger partial charge in [0.15, 0.2) is 0 Å². The maximum absolute atomic E-state index is 12.3. The van der Waals surface area contributed by atoms with Gasteiger partial charge in [0.1, 0.15) is 0 Å². The monoisotopic (exact) mass is 331 g/mol. The molecule has 114 valence electrons. The van der Waals surface area contributed by atoms with Crippen LogP contribution in [0.4, 0.5) is 5.69 Å². The Morgan fingerprint density at radius 2 is 2.14 bits per heavy atom. The first kappa shape index (κ1) is 16.1. The average molecular weight is 332 g/mol. The lowest BCUT2D eigenvalue weighted by Gasteiger charge is -2.20. The molecular formula is C14H15Cl2NO4. The van der Waals surface area contributed by atoms with E-state index in [9.17, 15) is 9.59 Å². The molecule has 2 atom stereocenters. The Morgan fingerprint density at radius 1 is 1.38 bits per heavy atom. The van der Waals surface area contributed by atoms with Crippen LogP contribution in [0.2, 0.25) is 10.0 Å². The van der Waals surface area contributed by atoms with Crippen LogP contribution in [-0.2, 0) is 14.3 Å². The van der Waals surface area contributed by atoms with Crippen LogP contribution in [0.25, 0.3) is 0 Å². The Labute approximate surface area is 132 Å². The second-order valence-electron chi connectivity index (χ2n) is 4.87. The van der Waals surface area contributed by atoms with Gasteiger partial charge in [-0.25, -0.2) is 0 Å². The minimum absolute atomic E-state index is 0.266. The fourth-order valence-electron chi connectivity index (χ4n) is 2.31. The highest BCUT2D eigenvalue weighted by Gasteiger charge is 2.33. The molecule has 2 rings (SSSR count). The van der Waals surface area contributed by atoms with E-state index in [0.717, 1.165) is 6.42 Å². The number of benzene rings is 1. The topological polar surface area (TPSA) is 75.6 Å². The van der Waals surface area contributed by atoms with Crippen LogP contribution in [0.5, 0.6) is 0 Å². The molecular weight excluding hydrogens is 317 g/mol. The molecule has 21 heavy (non-hydrogen) atoms. The first-order valence-corrected chi connectivity index (χ1v) is 7.32. The third-order valence-electron chi connectivity index (χ3n) is 3.33. The van der Waals surface area contributed by atoms with Crippen molar-refractivity contribution in [1.29, 1.82) is 0 Å². The fourth-order valence-corrected chi connectivity index (χ4v) is 2.61. The number of carboxylic acids is 1. The first-order chi connectivity index (χ1) is 9.97. The average Bonchev–Trinajstić information content (AvgIpc) is 2.93. The van der Waals surface area contributed by atoms with Gasteiger partial charge in [-0.15, -0.1) is 0 Å². The molecule has 1 aromatic rings. The Balaban J connectivity index is 2.09. The molecule has 0 spiro atoms. The van der Waals surface area contributed by atoms with Crippen molar-refractivity contribution in [3.63, 3.8) is 0 Å². The predicted molar refractivity (Wildman–Crippen MR) is 79.8 cm³/mol. The molecule has 1 fully saturated rings. The zero-order valence-electron chi connectivity index (χ0n) is 11.1. The van der Waals surface area contributed by atoms with Crippen molar-refractivity contribution < 1.29 is 19.4 Å². The number of hydrogen-bond acceptors (Lipinski definition) is 3. The summed E-state index contributed by atoms with van der Waals surface area (Å²) in [5.41, 5.74) is 0.475. The molecule has 0 aromatic heterocycles. The van der Waals surface area contributed by atoms with E-state index in [1.54, 1.807) is 12.1 Å². The second-order valence-corrected chi connectivity index (χ2v) is 5.69. The van der Waals surface area contributed by atoms with Gasteiger partial charge in [0.05, 0.1) is 28.5 Å². The van der Waals surface area contributed by atoms with Gasteiger partial charge >= 0.3 is 5.97 Å². The summed E-state index contributed by atoms with van der Waals surface area (Å²) in [6.07, 6.45) is 0.898. The number of halogens is 2. The van der Waals surface area contributed by atoms with Crippen LogP contribution in [-0.4, -0.2) is 29.7 Å². The molecule has 1 aliphatic heterocycles. The lowest BCUT2D eigenvalue weighted by Crippen LogP contribution is -2.34. The summed E-state index contributed by atoms with van der Waals surface area (Å²) in [6, 6.07) is 4.70. The molecule has 0 radical (unpaired) electrons. The Hall–Kier alpha value is -1.30. The van der Waals surface area contributed by atoms with Crippen molar-refractivity contribution in [3.05, 3.63) is 28.2 Å². The van der Waals surface area contributed by atoms with E-state index in [2.05, 4.69) is 5.32 Å². The number of aliphatic carboxylic acids is 1. The first-order valence-electron chi connectivity index (χ1n) is 6.56. The molecule has 1 aliphatic rings. The van der Waals surface area contributed by atoms with Gasteiger partial charge in [0, 0.05) is 12.3 Å². The number of hydrogen-bond donors (Lipinski definition) is 2. The summed E-state index contributed by atoms with van der Waals surface area (Å²) >= 11 is 11.7. The normalized spacial score (nSPS) is 19.2. The van der Waals surface area contributed by atoms with Crippen LogP contribution in [0.1, 0.15) is 19.3 Å². The van der Waals surface area contributed by atoms with E-state index >= 15 is 0 Å². The number of carbonyl (C=O) groups is 2. The van der Waals surface area contributed by atoms with Crippen molar-refractivity contribution in [2.45, 2.75) is 25.4 Å². The highest BCUT2D eigenvalue weighted by molar-refractivity contribution is 6.42. The largest absolute Gasteiger partial charge is 0.481 e. The number of amides is 1. The molecule has 0 saturated carbocycles. The molecule has 2 N–H and O–H groups in total. The van der Waals surface area contributed by atoms with Crippen LogP contribution < -0.4 is 5.32 Å². The van der Waals surface area contributed by atoms with Crippen molar-refractivity contribution in [2.75, 3.05) is 11.9 Å². The van der Waals surface area contributed by atoms with Gasteiger partial charge in [0.2, 0.25) is 5.91 Å². The van der Waals surface area contributed by atoms with Crippen LogP contribution in [0, 0.1) is 5.92 Å². The van der Waals surface area contributed by atoms with Crippen molar-refractivity contribution >= 4 is 40.8 Å². The summed E-state index contributed by atoms with van der Waals surface area (Å²) in [5, 5.41) is 12.3. The standard InChI is InChI=1S/C14H15Cl2NO4/c15-10-4-3-8(6-11(10)16)17-14(20)9(7-13(18)19)12-2-1-5-21-12/h3-4,6,9,12H,1-2,5,7H2,(H,17,20)(H,18,19)/t9-,12-/m0/s1. The maximum Gasteiger partial charge on any atom is 0.304 e. The van der Waals surface area contributed by atoms with Crippen LogP contribution >= 0.6 is 23.2 Å². The molecule has 1 saturated heterocycles. The summed E-state index contributed by atoms with van der Waals surface area (Å²) in [4.78, 5) is 23.2. The zero-order chi connectivity index (χ0) is 15.4. The van der Waals surface area contributed by atoms with Crippen LogP contribution in [0.15, 0.2) is 18.2 Å². The quantitative estimate of drug-likeness (QED) is 0.868. The molecule has 0 bridgehead atoms. The molecule has 5 nitrogen and oxygen atoms in total. The third kappa shape index (κ3) is 4.33. The van der Waals surface area contributed by atoms with E-state index in [4.69, 9.17) is 33.0 Å². The Kier molecular flexibility index (Phi) is 5.45. The molecule has 1 heterocycles. The number of carboxylic acid groups (broad SMARTS) is 1. The van der Waals surface area contributed by atoms with Gasteiger partial charge in [-0.2, -0.15) is 0 Å². The summed E-state index contributed by atoms with van der Waals surface area (Å²) in [5.74, 6) is -2.14. The predicted octanol–water partition coefficient (Wildman–Crippen LogP) is 3.20. The van der Waals surface area contributed by atoms with Gasteiger partial charge in [0.25, 0.3) is 0 Å².